The summed E-state index contributed by atoms with van der Waals surface area (Å²) < 4.78 is 7.50. The Kier molecular flexibility index (Phi) is 3.75. The second kappa shape index (κ2) is 5.68. The fraction of sp³-hybridized carbons (Fsp3) is 0.286. The van der Waals surface area contributed by atoms with Gasteiger partial charge in [-0.05, 0) is 37.4 Å². The number of aryl methyl sites for hydroxylation is 1. The van der Waals surface area contributed by atoms with Crippen LogP contribution in [0.25, 0.3) is 5.65 Å². The summed E-state index contributed by atoms with van der Waals surface area (Å²) in [5.41, 5.74) is 2.94. The van der Waals surface area contributed by atoms with Crippen molar-refractivity contribution in [1.29, 1.82) is 0 Å². The lowest BCUT2D eigenvalue weighted by molar-refractivity contribution is 0.453. The van der Waals surface area contributed by atoms with Crippen LogP contribution in [-0.2, 0) is 6.54 Å². The molecule has 0 aliphatic carbocycles. The third kappa shape index (κ3) is 2.57. The average molecular weight is 288 g/mol. The summed E-state index contributed by atoms with van der Waals surface area (Å²) in [7, 11) is 0. The molecule has 3 rings (SSSR count). The second-order valence-electron chi connectivity index (χ2n) is 4.43. The van der Waals surface area contributed by atoms with E-state index in [1.807, 2.05) is 31.3 Å². The molecule has 6 heteroatoms. The van der Waals surface area contributed by atoms with E-state index in [2.05, 4.69) is 26.6 Å². The number of rotatable bonds is 5. The number of hydrogen-bond donors (Lipinski definition) is 1. The molecule has 0 saturated heterocycles. The molecule has 0 unspecified atom stereocenters. The van der Waals surface area contributed by atoms with E-state index in [4.69, 9.17) is 4.42 Å². The van der Waals surface area contributed by atoms with Crippen molar-refractivity contribution in [2.75, 3.05) is 6.54 Å². The van der Waals surface area contributed by atoms with Gasteiger partial charge in [-0.15, -0.1) is 0 Å². The number of nitrogens with one attached hydrogen (secondary N) is 1. The van der Waals surface area contributed by atoms with Crippen LogP contribution in [0.1, 0.15) is 18.3 Å². The molecule has 0 saturated carbocycles. The lowest BCUT2D eigenvalue weighted by Crippen LogP contribution is -2.13. The molecule has 20 heavy (non-hydrogen) atoms. The minimum absolute atomic E-state index is 0.628. The molecule has 0 fully saturated rings. The molecule has 5 nitrogen and oxygen atoms in total. The predicted molar refractivity (Wildman–Crippen MR) is 77.9 cm³/mol. The number of hydrogen-bond acceptors (Lipinski definition) is 5. The molecule has 3 aromatic heterocycles. The van der Waals surface area contributed by atoms with E-state index in [9.17, 15) is 0 Å². The first-order valence-corrected chi connectivity index (χ1v) is 7.36. The molecule has 0 aliphatic rings. The molecule has 1 N–H and O–H groups in total. The number of nitrogens with zero attached hydrogens (tertiary/aromatic N) is 3. The van der Waals surface area contributed by atoms with Crippen LogP contribution in [0.15, 0.2) is 45.3 Å². The van der Waals surface area contributed by atoms with Crippen LogP contribution in [0.2, 0.25) is 0 Å². The number of pyridine rings is 1. The van der Waals surface area contributed by atoms with Crippen molar-refractivity contribution in [3.05, 3.63) is 42.0 Å². The van der Waals surface area contributed by atoms with Gasteiger partial charge in [0.25, 0.3) is 5.22 Å². The zero-order valence-electron chi connectivity index (χ0n) is 11.5. The maximum absolute atomic E-state index is 5.41. The van der Waals surface area contributed by atoms with E-state index in [1.54, 1.807) is 6.26 Å². The first-order valence-electron chi connectivity index (χ1n) is 6.54. The Bertz CT molecular complexity index is 719. The number of fused-ring (bicyclic) bond motifs is 1. The molecule has 3 aromatic rings. The first-order chi connectivity index (χ1) is 9.78. The molecule has 0 aromatic carbocycles. The van der Waals surface area contributed by atoms with Gasteiger partial charge in [0.1, 0.15) is 16.9 Å². The third-order valence-electron chi connectivity index (χ3n) is 2.92. The Hall–Kier alpha value is -1.79. The molecule has 0 bridgehead atoms. The number of aromatic nitrogens is 3. The van der Waals surface area contributed by atoms with E-state index in [0.717, 1.165) is 35.2 Å². The highest BCUT2D eigenvalue weighted by molar-refractivity contribution is 7.99. The van der Waals surface area contributed by atoms with Crippen LogP contribution in [0.3, 0.4) is 0 Å². The molecule has 0 atom stereocenters. The number of imidazole rings is 1. The van der Waals surface area contributed by atoms with Crippen molar-refractivity contribution >= 4 is 17.4 Å². The minimum Gasteiger partial charge on any atom is -0.439 e. The van der Waals surface area contributed by atoms with Gasteiger partial charge in [-0.25, -0.2) is 9.97 Å². The van der Waals surface area contributed by atoms with Crippen molar-refractivity contribution in [1.82, 2.24) is 19.7 Å². The average Bonchev–Trinajstić information content (AvgIpc) is 3.00. The Balaban J connectivity index is 1.99. The fourth-order valence-corrected chi connectivity index (χ4v) is 2.85. The molecule has 3 heterocycles. The van der Waals surface area contributed by atoms with Gasteiger partial charge < -0.3 is 14.1 Å². The summed E-state index contributed by atoms with van der Waals surface area (Å²) in [6.07, 6.45) is 3.68. The maximum Gasteiger partial charge on any atom is 0.262 e. The molecule has 0 spiro atoms. The van der Waals surface area contributed by atoms with Crippen molar-refractivity contribution in [2.45, 2.75) is 30.6 Å². The summed E-state index contributed by atoms with van der Waals surface area (Å²) in [4.78, 5) is 8.98. The van der Waals surface area contributed by atoms with Gasteiger partial charge >= 0.3 is 0 Å². The molecular weight excluding hydrogens is 272 g/mol. The van der Waals surface area contributed by atoms with Crippen LogP contribution in [0.4, 0.5) is 0 Å². The third-order valence-corrected chi connectivity index (χ3v) is 3.80. The zero-order valence-corrected chi connectivity index (χ0v) is 12.3. The van der Waals surface area contributed by atoms with Gasteiger partial charge in [0.15, 0.2) is 0 Å². The Morgan fingerprint density at radius 2 is 2.25 bits per heavy atom. The highest BCUT2D eigenvalue weighted by atomic mass is 32.2. The van der Waals surface area contributed by atoms with Crippen molar-refractivity contribution in [3.63, 3.8) is 0 Å². The standard InChI is InChI=1S/C14H16N4OS/c1-3-15-8-11-13(20-14-16-10(2)9-19-14)17-12-6-4-5-7-18(11)12/h4-7,9,15H,3,8H2,1-2H3. The normalized spacial score (nSPS) is 11.3. The van der Waals surface area contributed by atoms with Gasteiger partial charge in [0.05, 0.1) is 11.4 Å². The van der Waals surface area contributed by atoms with Gasteiger partial charge in [-0.1, -0.05) is 13.0 Å². The summed E-state index contributed by atoms with van der Waals surface area (Å²) in [6, 6.07) is 6.00. The summed E-state index contributed by atoms with van der Waals surface area (Å²) in [6.45, 7) is 5.69. The smallest absolute Gasteiger partial charge is 0.262 e. The molecule has 0 amide bonds. The summed E-state index contributed by atoms with van der Waals surface area (Å²) >= 11 is 1.46. The topological polar surface area (TPSA) is 55.4 Å². The van der Waals surface area contributed by atoms with E-state index in [1.165, 1.54) is 11.8 Å². The van der Waals surface area contributed by atoms with Gasteiger partial charge in [-0.3, -0.25) is 0 Å². The first kappa shape index (κ1) is 13.2. The lowest BCUT2D eigenvalue weighted by atomic mass is 10.4. The minimum atomic E-state index is 0.628. The number of oxazole rings is 1. The SMILES string of the molecule is CCNCc1c(Sc2nc(C)co2)nc2ccccn12. The van der Waals surface area contributed by atoms with E-state index >= 15 is 0 Å². The van der Waals surface area contributed by atoms with Gasteiger partial charge in [-0.2, -0.15) is 0 Å². The maximum atomic E-state index is 5.41. The lowest BCUT2D eigenvalue weighted by Gasteiger charge is -2.04. The van der Waals surface area contributed by atoms with Crippen LogP contribution in [-0.4, -0.2) is 20.9 Å². The van der Waals surface area contributed by atoms with Gasteiger partial charge in [0.2, 0.25) is 0 Å². The monoisotopic (exact) mass is 288 g/mol. The quantitative estimate of drug-likeness (QED) is 0.782. The van der Waals surface area contributed by atoms with E-state index in [0.29, 0.717) is 5.22 Å². The second-order valence-corrected chi connectivity index (χ2v) is 5.37. The largest absolute Gasteiger partial charge is 0.439 e. The van der Waals surface area contributed by atoms with E-state index in [-0.39, 0.29) is 0 Å². The van der Waals surface area contributed by atoms with Gasteiger partial charge in [0, 0.05) is 12.7 Å². The summed E-state index contributed by atoms with van der Waals surface area (Å²) in [5, 5.41) is 4.91. The summed E-state index contributed by atoms with van der Waals surface area (Å²) in [5.74, 6) is 0. The Morgan fingerprint density at radius 1 is 1.35 bits per heavy atom. The molecule has 104 valence electrons. The van der Waals surface area contributed by atoms with Crippen LogP contribution in [0, 0.1) is 6.92 Å². The van der Waals surface area contributed by atoms with Crippen LogP contribution in [0.5, 0.6) is 0 Å². The Labute approximate surface area is 121 Å². The Morgan fingerprint density at radius 3 is 3.00 bits per heavy atom. The zero-order chi connectivity index (χ0) is 13.9. The van der Waals surface area contributed by atoms with Crippen molar-refractivity contribution < 1.29 is 4.42 Å². The van der Waals surface area contributed by atoms with Crippen molar-refractivity contribution in [3.8, 4) is 0 Å². The predicted octanol–water partition coefficient (Wildman–Crippen LogP) is 2.89. The van der Waals surface area contributed by atoms with Crippen LogP contribution < -0.4 is 5.32 Å². The van der Waals surface area contributed by atoms with Crippen LogP contribution >= 0.6 is 11.8 Å². The highest BCUT2D eigenvalue weighted by Gasteiger charge is 2.15. The van der Waals surface area contributed by atoms with E-state index < -0.39 is 0 Å². The molecule has 0 radical (unpaired) electrons. The fourth-order valence-electron chi connectivity index (χ4n) is 1.97. The molecule has 0 aliphatic heterocycles. The highest BCUT2D eigenvalue weighted by Crippen LogP contribution is 2.29. The molecular formula is C14H16N4OS. The van der Waals surface area contributed by atoms with Crippen molar-refractivity contribution in [2.24, 2.45) is 0 Å².